The monoisotopic (exact) mass is 450 g/mol. The highest BCUT2D eigenvalue weighted by Crippen LogP contribution is 2.32. The minimum absolute atomic E-state index is 0.0511. The van der Waals surface area contributed by atoms with Gasteiger partial charge < -0.3 is 4.74 Å². The predicted molar refractivity (Wildman–Crippen MR) is 115 cm³/mol. The third kappa shape index (κ3) is 4.45. The fourth-order valence-corrected chi connectivity index (χ4v) is 5.12. The first-order valence-electron chi connectivity index (χ1n) is 9.11. The molecule has 4 rings (SSSR count). The van der Waals surface area contributed by atoms with Crippen LogP contribution >= 0.6 is 22.9 Å². The number of halogens is 1. The largest absolute Gasteiger partial charge is 0.376 e. The number of aromatic nitrogens is 1. The quantitative estimate of drug-likeness (QED) is 0.582. The van der Waals surface area contributed by atoms with Gasteiger partial charge in [0.15, 0.2) is 15.0 Å². The normalized spacial score (nSPS) is 17.0. The number of thiazole rings is 1. The van der Waals surface area contributed by atoms with E-state index in [-0.39, 0.29) is 16.9 Å². The summed E-state index contributed by atoms with van der Waals surface area (Å²) in [5, 5.41) is 1.18. The molecule has 6 nitrogen and oxygen atoms in total. The molecule has 9 heteroatoms. The zero-order valence-corrected chi connectivity index (χ0v) is 18.1. The average molecular weight is 451 g/mol. The Balaban J connectivity index is 1.69. The Hall–Kier alpha value is -2.00. The van der Waals surface area contributed by atoms with Crippen molar-refractivity contribution in [3.63, 3.8) is 0 Å². The van der Waals surface area contributed by atoms with Crippen molar-refractivity contribution in [1.29, 1.82) is 0 Å². The van der Waals surface area contributed by atoms with Gasteiger partial charge >= 0.3 is 0 Å². The van der Waals surface area contributed by atoms with E-state index in [2.05, 4.69) is 4.98 Å². The third-order valence-corrected chi connectivity index (χ3v) is 7.16. The van der Waals surface area contributed by atoms with E-state index in [9.17, 15) is 13.2 Å². The highest BCUT2D eigenvalue weighted by Gasteiger charge is 2.27. The summed E-state index contributed by atoms with van der Waals surface area (Å²) >= 11 is 7.48. The van der Waals surface area contributed by atoms with Crippen molar-refractivity contribution in [3.8, 4) is 0 Å². The molecular weight excluding hydrogens is 432 g/mol. The van der Waals surface area contributed by atoms with Crippen LogP contribution in [0.25, 0.3) is 10.2 Å². The second-order valence-corrected chi connectivity index (χ2v) is 10.4. The minimum atomic E-state index is -3.33. The predicted octanol–water partition coefficient (Wildman–Crippen LogP) is 4.18. The van der Waals surface area contributed by atoms with Crippen molar-refractivity contribution in [2.45, 2.75) is 23.8 Å². The molecule has 1 aliphatic rings. The van der Waals surface area contributed by atoms with Gasteiger partial charge in [-0.25, -0.2) is 13.4 Å². The summed E-state index contributed by atoms with van der Waals surface area (Å²) in [6, 6.07) is 11.4. The van der Waals surface area contributed by atoms with E-state index in [1.54, 1.807) is 11.0 Å². The van der Waals surface area contributed by atoms with Gasteiger partial charge in [-0.3, -0.25) is 9.69 Å². The molecule has 1 atom stereocenters. The fourth-order valence-electron chi connectivity index (χ4n) is 3.24. The molecule has 2 heterocycles. The number of benzene rings is 2. The molecule has 0 aliphatic carbocycles. The maximum atomic E-state index is 13.3. The Morgan fingerprint density at radius 2 is 2.03 bits per heavy atom. The second-order valence-electron chi connectivity index (χ2n) is 6.96. The molecule has 29 heavy (non-hydrogen) atoms. The highest BCUT2D eigenvalue weighted by molar-refractivity contribution is 7.90. The Labute approximate surface area is 178 Å². The summed E-state index contributed by atoms with van der Waals surface area (Å²) in [4.78, 5) is 19.7. The van der Waals surface area contributed by atoms with Crippen LogP contribution in [0.4, 0.5) is 5.13 Å². The lowest BCUT2D eigenvalue weighted by atomic mass is 10.2. The van der Waals surface area contributed by atoms with E-state index in [0.29, 0.717) is 28.9 Å². The summed E-state index contributed by atoms with van der Waals surface area (Å²) in [5.74, 6) is -0.245. The van der Waals surface area contributed by atoms with Crippen molar-refractivity contribution >= 4 is 54.0 Å². The van der Waals surface area contributed by atoms with Crippen LogP contribution in [0.3, 0.4) is 0 Å². The van der Waals surface area contributed by atoms with Crippen molar-refractivity contribution in [2.24, 2.45) is 0 Å². The van der Waals surface area contributed by atoms with Crippen LogP contribution in [0.2, 0.25) is 5.02 Å². The molecule has 0 radical (unpaired) electrons. The Morgan fingerprint density at radius 3 is 2.69 bits per heavy atom. The summed E-state index contributed by atoms with van der Waals surface area (Å²) < 4.78 is 30.0. The minimum Gasteiger partial charge on any atom is -0.376 e. The van der Waals surface area contributed by atoms with Gasteiger partial charge in [-0.15, -0.1) is 0 Å². The van der Waals surface area contributed by atoms with Crippen LogP contribution < -0.4 is 4.90 Å². The lowest BCUT2D eigenvalue weighted by Gasteiger charge is -2.23. The van der Waals surface area contributed by atoms with E-state index in [4.69, 9.17) is 16.3 Å². The van der Waals surface area contributed by atoms with Crippen LogP contribution in [0.15, 0.2) is 47.4 Å². The number of rotatable bonds is 5. The average Bonchev–Trinajstić information content (AvgIpc) is 3.34. The fraction of sp³-hybridized carbons (Fsp3) is 0.300. The number of carbonyl (C=O) groups excluding carboxylic acids is 1. The lowest BCUT2D eigenvalue weighted by Crippen LogP contribution is -2.37. The Morgan fingerprint density at radius 1 is 1.28 bits per heavy atom. The molecule has 1 saturated heterocycles. The second kappa shape index (κ2) is 8.02. The van der Waals surface area contributed by atoms with Gasteiger partial charge in [0.1, 0.15) is 0 Å². The molecule has 0 N–H and O–H groups in total. The maximum absolute atomic E-state index is 13.3. The van der Waals surface area contributed by atoms with Crippen LogP contribution in [-0.2, 0) is 14.6 Å². The van der Waals surface area contributed by atoms with Gasteiger partial charge in [0.25, 0.3) is 5.91 Å². The molecular formula is C20H19ClN2O4S2. The number of ether oxygens (including phenoxy) is 1. The number of hydrogen-bond donors (Lipinski definition) is 0. The third-order valence-electron chi connectivity index (χ3n) is 4.75. The molecule has 1 aliphatic heterocycles. The van der Waals surface area contributed by atoms with Gasteiger partial charge in [0, 0.05) is 23.4 Å². The van der Waals surface area contributed by atoms with Crippen molar-refractivity contribution in [3.05, 3.63) is 53.1 Å². The Kier molecular flexibility index (Phi) is 5.61. The van der Waals surface area contributed by atoms with Crippen LogP contribution in [0.1, 0.15) is 23.2 Å². The first kappa shape index (κ1) is 20.3. The Bertz CT molecular complexity index is 1150. The van der Waals surface area contributed by atoms with Gasteiger partial charge in [0.05, 0.1) is 27.8 Å². The molecule has 1 amide bonds. The van der Waals surface area contributed by atoms with Gasteiger partial charge in [-0.1, -0.05) is 22.9 Å². The van der Waals surface area contributed by atoms with E-state index >= 15 is 0 Å². The van der Waals surface area contributed by atoms with Crippen molar-refractivity contribution in [2.75, 3.05) is 24.3 Å². The highest BCUT2D eigenvalue weighted by atomic mass is 35.5. The van der Waals surface area contributed by atoms with Gasteiger partial charge in [-0.2, -0.15) is 0 Å². The van der Waals surface area contributed by atoms with Crippen molar-refractivity contribution in [1.82, 2.24) is 4.98 Å². The number of amides is 1. The lowest BCUT2D eigenvalue weighted by molar-refractivity contribution is 0.0917. The standard InChI is InChI=1S/C20H19ClN2O4S2/c1-29(25,26)16-7-4-13(5-8-16)19(24)23(12-15-3-2-10-27-15)20-22-17-9-6-14(21)11-18(17)28-20/h4-9,11,15H,2-3,10,12H2,1H3. The topological polar surface area (TPSA) is 76.6 Å². The molecule has 3 aromatic rings. The van der Waals surface area contributed by atoms with Crippen molar-refractivity contribution < 1.29 is 17.9 Å². The zero-order valence-electron chi connectivity index (χ0n) is 15.7. The first-order chi connectivity index (χ1) is 13.8. The summed E-state index contributed by atoms with van der Waals surface area (Å²) in [7, 11) is -3.33. The summed E-state index contributed by atoms with van der Waals surface area (Å²) in [5.41, 5.74) is 1.17. The molecule has 2 aromatic carbocycles. The summed E-state index contributed by atoms with van der Waals surface area (Å²) in [6.45, 7) is 1.07. The van der Waals surface area contributed by atoms with E-state index < -0.39 is 9.84 Å². The number of carbonyl (C=O) groups is 1. The maximum Gasteiger partial charge on any atom is 0.260 e. The zero-order chi connectivity index (χ0) is 20.6. The molecule has 1 fully saturated rings. The smallest absolute Gasteiger partial charge is 0.260 e. The number of hydrogen-bond acceptors (Lipinski definition) is 6. The van der Waals surface area contributed by atoms with Gasteiger partial charge in [-0.05, 0) is 55.3 Å². The first-order valence-corrected chi connectivity index (χ1v) is 12.2. The number of fused-ring (bicyclic) bond motifs is 1. The molecule has 152 valence electrons. The van der Waals surface area contributed by atoms with E-state index in [0.717, 1.165) is 29.3 Å². The molecule has 1 aromatic heterocycles. The van der Waals surface area contributed by atoms with E-state index in [1.807, 2.05) is 12.1 Å². The number of nitrogens with zero attached hydrogens (tertiary/aromatic N) is 2. The molecule has 0 spiro atoms. The van der Waals surface area contributed by atoms with Crippen LogP contribution in [0.5, 0.6) is 0 Å². The molecule has 0 saturated carbocycles. The van der Waals surface area contributed by atoms with Crippen LogP contribution in [-0.4, -0.2) is 44.8 Å². The van der Waals surface area contributed by atoms with E-state index in [1.165, 1.54) is 35.6 Å². The summed E-state index contributed by atoms with van der Waals surface area (Å²) in [6.07, 6.45) is 2.93. The molecule has 1 unspecified atom stereocenters. The van der Waals surface area contributed by atoms with Crippen LogP contribution in [0, 0.1) is 0 Å². The van der Waals surface area contributed by atoms with Gasteiger partial charge in [0.2, 0.25) is 0 Å². The SMILES string of the molecule is CS(=O)(=O)c1ccc(C(=O)N(CC2CCCO2)c2nc3ccc(Cl)cc3s2)cc1. The molecule has 0 bridgehead atoms. The number of anilines is 1. The number of sulfone groups is 1.